The molecule has 5 rings (SSSR count). The Balaban J connectivity index is 1.48. The van der Waals surface area contributed by atoms with Crippen molar-refractivity contribution in [1.82, 2.24) is 30.3 Å². The van der Waals surface area contributed by atoms with Crippen molar-refractivity contribution >= 4 is 10.9 Å². The van der Waals surface area contributed by atoms with Gasteiger partial charge in [0.2, 0.25) is 0 Å². The first-order valence-corrected chi connectivity index (χ1v) is 9.14. The second kappa shape index (κ2) is 6.59. The molecule has 4 aromatic rings. The van der Waals surface area contributed by atoms with Crippen molar-refractivity contribution in [2.45, 2.75) is 19.4 Å². The zero-order valence-electron chi connectivity index (χ0n) is 14.7. The van der Waals surface area contributed by atoms with Crippen LogP contribution in [0.3, 0.4) is 0 Å². The van der Waals surface area contributed by atoms with E-state index < -0.39 is 0 Å². The quantitative estimate of drug-likeness (QED) is 0.580. The molecule has 2 aromatic carbocycles. The Hall–Kier alpha value is -3.06. The number of likely N-dealkylation sites (tertiary alicyclic amines) is 1. The van der Waals surface area contributed by atoms with Gasteiger partial charge in [-0.15, -0.1) is 0 Å². The highest BCUT2D eigenvalue weighted by Crippen LogP contribution is 2.29. The van der Waals surface area contributed by atoms with E-state index in [1.54, 1.807) is 12.1 Å². The van der Waals surface area contributed by atoms with Crippen LogP contribution in [0.15, 0.2) is 42.5 Å². The van der Waals surface area contributed by atoms with Crippen molar-refractivity contribution in [3.8, 4) is 22.6 Å². The van der Waals surface area contributed by atoms with Gasteiger partial charge in [-0.25, -0.2) is 9.37 Å². The minimum Gasteiger partial charge on any atom is -0.296 e. The topological polar surface area (TPSA) is 73.5 Å². The molecule has 1 aliphatic rings. The molecule has 27 heavy (non-hydrogen) atoms. The van der Waals surface area contributed by atoms with Crippen LogP contribution in [-0.4, -0.2) is 43.4 Å². The summed E-state index contributed by atoms with van der Waals surface area (Å²) in [6.07, 6.45) is 2.51. The first kappa shape index (κ1) is 16.1. The summed E-state index contributed by atoms with van der Waals surface area (Å²) in [5, 5.41) is 15.8. The van der Waals surface area contributed by atoms with Crippen LogP contribution in [0.2, 0.25) is 0 Å². The average molecular weight is 362 g/mol. The van der Waals surface area contributed by atoms with E-state index in [1.807, 2.05) is 18.2 Å². The number of hydrogen-bond acceptors (Lipinski definition) is 4. The van der Waals surface area contributed by atoms with Crippen LogP contribution in [0.25, 0.3) is 33.5 Å². The van der Waals surface area contributed by atoms with Gasteiger partial charge in [-0.05, 0) is 68.4 Å². The lowest BCUT2D eigenvalue weighted by molar-refractivity contribution is 0.323. The Labute approximate surface area is 155 Å². The van der Waals surface area contributed by atoms with Crippen LogP contribution in [0.4, 0.5) is 4.39 Å². The van der Waals surface area contributed by atoms with Crippen molar-refractivity contribution in [1.29, 1.82) is 0 Å². The molecule has 2 N–H and O–H groups in total. The summed E-state index contributed by atoms with van der Waals surface area (Å²) in [6, 6.07) is 12.3. The molecule has 0 amide bonds. The zero-order valence-corrected chi connectivity index (χ0v) is 14.7. The predicted molar refractivity (Wildman–Crippen MR) is 101 cm³/mol. The smallest absolute Gasteiger partial charge is 0.181 e. The summed E-state index contributed by atoms with van der Waals surface area (Å²) < 4.78 is 13.2. The molecule has 7 heteroatoms. The molecule has 0 radical (unpaired) electrons. The second-order valence-corrected chi connectivity index (χ2v) is 6.93. The molecule has 1 saturated heterocycles. The number of halogens is 1. The fourth-order valence-electron chi connectivity index (χ4n) is 3.63. The average Bonchev–Trinajstić information content (AvgIpc) is 3.43. The van der Waals surface area contributed by atoms with Crippen LogP contribution in [0.5, 0.6) is 0 Å². The van der Waals surface area contributed by atoms with Gasteiger partial charge in [0.15, 0.2) is 5.82 Å². The van der Waals surface area contributed by atoms with Crippen molar-refractivity contribution in [2.24, 2.45) is 0 Å². The normalized spacial score (nSPS) is 15.0. The van der Waals surface area contributed by atoms with E-state index in [0.717, 1.165) is 53.2 Å². The maximum absolute atomic E-state index is 13.2. The Kier molecular flexibility index (Phi) is 3.94. The number of nitrogens with one attached hydrogen (secondary N) is 2. The lowest BCUT2D eigenvalue weighted by Crippen LogP contribution is -2.19. The fourth-order valence-corrected chi connectivity index (χ4v) is 3.63. The molecule has 0 unspecified atom stereocenters. The van der Waals surface area contributed by atoms with Crippen LogP contribution in [0.1, 0.15) is 18.7 Å². The number of fused-ring (bicyclic) bond motifs is 1. The number of nitrogens with zero attached hydrogens (tertiary/aromatic N) is 4. The minimum atomic E-state index is -0.259. The molecule has 6 nitrogen and oxygen atoms in total. The molecule has 3 heterocycles. The number of benzene rings is 2. The van der Waals surface area contributed by atoms with E-state index >= 15 is 0 Å². The van der Waals surface area contributed by atoms with Gasteiger partial charge in [0.1, 0.15) is 11.6 Å². The molecule has 0 spiro atoms. The Morgan fingerprint density at radius 1 is 0.926 bits per heavy atom. The summed E-state index contributed by atoms with van der Waals surface area (Å²) >= 11 is 0. The van der Waals surface area contributed by atoms with Gasteiger partial charge in [0, 0.05) is 16.5 Å². The number of aromatic nitrogens is 5. The van der Waals surface area contributed by atoms with Gasteiger partial charge >= 0.3 is 0 Å². The van der Waals surface area contributed by atoms with Gasteiger partial charge in [0.05, 0.1) is 17.8 Å². The summed E-state index contributed by atoms with van der Waals surface area (Å²) in [7, 11) is 0. The number of aromatic amines is 2. The van der Waals surface area contributed by atoms with Crippen molar-refractivity contribution in [3.05, 3.63) is 54.1 Å². The standard InChI is InChI=1S/C20H19FN6/c21-15-6-3-13(4-7-15)19-16-11-14(5-8-17(16)23-25-19)20-22-18(24-26-20)12-27-9-1-2-10-27/h3-8,11H,1-2,9-10,12H2,(H,23,25)(H,22,24,26). The molecule has 0 saturated carbocycles. The number of hydrogen-bond donors (Lipinski definition) is 2. The van der Waals surface area contributed by atoms with Crippen molar-refractivity contribution in [3.63, 3.8) is 0 Å². The van der Waals surface area contributed by atoms with E-state index in [1.165, 1.54) is 25.0 Å². The summed E-state index contributed by atoms with van der Waals surface area (Å²) in [6.45, 7) is 3.05. The first-order valence-electron chi connectivity index (χ1n) is 9.14. The van der Waals surface area contributed by atoms with Crippen molar-refractivity contribution in [2.75, 3.05) is 13.1 Å². The number of rotatable bonds is 4. The molecule has 0 bridgehead atoms. The Morgan fingerprint density at radius 2 is 1.70 bits per heavy atom. The highest BCUT2D eigenvalue weighted by molar-refractivity contribution is 5.95. The molecule has 1 aliphatic heterocycles. The lowest BCUT2D eigenvalue weighted by Gasteiger charge is -2.11. The van der Waals surface area contributed by atoms with Crippen LogP contribution >= 0.6 is 0 Å². The summed E-state index contributed by atoms with van der Waals surface area (Å²) in [5.74, 6) is 1.31. The maximum Gasteiger partial charge on any atom is 0.181 e. The summed E-state index contributed by atoms with van der Waals surface area (Å²) in [4.78, 5) is 7.05. The predicted octanol–water partition coefficient (Wildman–Crippen LogP) is 3.75. The Bertz CT molecular complexity index is 1080. The molecule has 2 aromatic heterocycles. The second-order valence-electron chi connectivity index (χ2n) is 6.93. The Morgan fingerprint density at radius 3 is 2.52 bits per heavy atom. The molecular formula is C20H19FN6. The van der Waals surface area contributed by atoms with E-state index in [4.69, 9.17) is 0 Å². The molecule has 1 fully saturated rings. The monoisotopic (exact) mass is 362 g/mol. The molecule has 0 aliphatic carbocycles. The highest BCUT2D eigenvalue weighted by Gasteiger charge is 2.15. The largest absolute Gasteiger partial charge is 0.296 e. The summed E-state index contributed by atoms with van der Waals surface area (Å²) in [5.41, 5.74) is 3.51. The fraction of sp³-hybridized carbons (Fsp3) is 0.250. The molecule has 136 valence electrons. The third-order valence-electron chi connectivity index (χ3n) is 5.04. The third-order valence-corrected chi connectivity index (χ3v) is 5.04. The first-order chi connectivity index (χ1) is 13.3. The minimum absolute atomic E-state index is 0.259. The maximum atomic E-state index is 13.2. The van der Waals surface area contributed by atoms with Crippen LogP contribution in [-0.2, 0) is 6.54 Å². The van der Waals surface area contributed by atoms with E-state index in [2.05, 4.69) is 30.3 Å². The third kappa shape index (κ3) is 3.10. The van der Waals surface area contributed by atoms with E-state index in [-0.39, 0.29) is 5.82 Å². The highest BCUT2D eigenvalue weighted by atomic mass is 19.1. The van der Waals surface area contributed by atoms with Gasteiger partial charge in [-0.3, -0.25) is 15.1 Å². The van der Waals surface area contributed by atoms with E-state index in [9.17, 15) is 4.39 Å². The van der Waals surface area contributed by atoms with Crippen molar-refractivity contribution < 1.29 is 4.39 Å². The van der Waals surface area contributed by atoms with E-state index in [0.29, 0.717) is 5.82 Å². The SMILES string of the molecule is Fc1ccc(-c2n[nH]c3ccc(-c4n[nH]c(CN5CCCC5)n4)cc23)cc1. The van der Waals surface area contributed by atoms with Crippen LogP contribution in [0, 0.1) is 5.82 Å². The zero-order chi connectivity index (χ0) is 18.2. The lowest BCUT2D eigenvalue weighted by atomic mass is 10.1. The molecule has 0 atom stereocenters. The van der Waals surface area contributed by atoms with Gasteiger partial charge in [-0.1, -0.05) is 0 Å². The molecular weight excluding hydrogens is 343 g/mol. The van der Waals surface area contributed by atoms with Gasteiger partial charge < -0.3 is 0 Å². The van der Waals surface area contributed by atoms with Crippen LogP contribution < -0.4 is 0 Å². The van der Waals surface area contributed by atoms with Gasteiger partial charge in [0.25, 0.3) is 0 Å². The number of H-pyrrole nitrogens is 2. The van der Waals surface area contributed by atoms with Gasteiger partial charge in [-0.2, -0.15) is 10.2 Å².